The molecule has 4 bridgehead atoms. The highest BCUT2D eigenvalue weighted by Gasteiger charge is 2.77. The van der Waals surface area contributed by atoms with Crippen molar-refractivity contribution < 1.29 is 28.7 Å². The van der Waals surface area contributed by atoms with Crippen molar-refractivity contribution in [1.29, 1.82) is 0 Å². The first-order valence-electron chi connectivity index (χ1n) is 11.8. The van der Waals surface area contributed by atoms with Gasteiger partial charge in [-0.05, 0) is 39.5 Å². The van der Waals surface area contributed by atoms with Crippen LogP contribution >= 0.6 is 0 Å². The number of rotatable bonds is 2. The lowest BCUT2D eigenvalue weighted by Gasteiger charge is -2.44. The largest absolute Gasteiger partial charge is 0.448 e. The lowest BCUT2D eigenvalue weighted by atomic mass is 9.66. The van der Waals surface area contributed by atoms with E-state index in [9.17, 15) is 19.2 Å². The van der Waals surface area contributed by atoms with Crippen LogP contribution in [0.15, 0.2) is 0 Å². The monoisotopic (exact) mass is 446 g/mol. The number of ether oxygens (including phenoxy) is 2. The van der Waals surface area contributed by atoms with Crippen LogP contribution in [0.2, 0.25) is 0 Å². The summed E-state index contributed by atoms with van der Waals surface area (Å²) in [4.78, 5) is 55.8. The average Bonchev–Trinajstić information content (AvgIpc) is 3.21. The Hall–Kier alpha value is -2.12. The van der Waals surface area contributed by atoms with Gasteiger partial charge in [0.2, 0.25) is 0 Å². The summed E-state index contributed by atoms with van der Waals surface area (Å²) < 4.78 is 11.5. The van der Waals surface area contributed by atoms with Crippen molar-refractivity contribution in [2.45, 2.75) is 78.4 Å². The van der Waals surface area contributed by atoms with Crippen molar-refractivity contribution in [3.8, 4) is 0 Å². The highest BCUT2D eigenvalue weighted by molar-refractivity contribution is 5.97. The van der Waals surface area contributed by atoms with Crippen LogP contribution in [0, 0.1) is 21.7 Å². The molecule has 176 valence electrons. The molecular weight excluding hydrogens is 412 g/mol. The summed E-state index contributed by atoms with van der Waals surface area (Å²) in [6, 6.07) is 0. The molecule has 0 aromatic heterocycles. The Labute approximate surface area is 188 Å². The van der Waals surface area contributed by atoms with Crippen LogP contribution < -0.4 is 0 Å². The second-order valence-electron chi connectivity index (χ2n) is 11.9. The average molecular weight is 447 g/mol. The topological polar surface area (TPSA) is 93.2 Å². The minimum Gasteiger partial charge on any atom is -0.448 e. The Morgan fingerprint density at radius 2 is 0.938 bits per heavy atom. The SMILES string of the molecule is CC12CCC(C(=O)N3CCN(C(=O)C45CCC(C)(C(=O)O4)C5(C)C)CC3)(OC1=O)C2(C)C. The molecule has 3 aliphatic heterocycles. The highest BCUT2D eigenvalue weighted by Crippen LogP contribution is 2.67. The van der Waals surface area contributed by atoms with E-state index in [2.05, 4.69) is 0 Å². The Morgan fingerprint density at radius 3 is 1.16 bits per heavy atom. The maximum Gasteiger partial charge on any atom is 0.313 e. The number of piperazine rings is 1. The Kier molecular flexibility index (Phi) is 3.98. The van der Waals surface area contributed by atoms with E-state index in [1.54, 1.807) is 9.80 Å². The molecular formula is C24H34N2O6. The van der Waals surface area contributed by atoms with Gasteiger partial charge in [-0.15, -0.1) is 0 Å². The molecule has 5 rings (SSSR count). The maximum absolute atomic E-state index is 13.6. The molecule has 5 aliphatic rings. The van der Waals surface area contributed by atoms with Crippen molar-refractivity contribution in [2.75, 3.05) is 26.2 Å². The van der Waals surface area contributed by atoms with Crippen molar-refractivity contribution in [3.05, 3.63) is 0 Å². The number of esters is 2. The first-order valence-corrected chi connectivity index (χ1v) is 11.8. The second kappa shape index (κ2) is 5.86. The van der Waals surface area contributed by atoms with Gasteiger partial charge < -0.3 is 19.3 Å². The van der Waals surface area contributed by atoms with Gasteiger partial charge in [-0.3, -0.25) is 19.2 Å². The van der Waals surface area contributed by atoms with E-state index >= 15 is 0 Å². The summed E-state index contributed by atoms with van der Waals surface area (Å²) in [5.74, 6) is -0.874. The summed E-state index contributed by atoms with van der Waals surface area (Å²) in [7, 11) is 0. The van der Waals surface area contributed by atoms with Crippen molar-refractivity contribution in [2.24, 2.45) is 21.7 Å². The molecule has 0 aromatic carbocycles. The number of fused-ring (bicyclic) bond motifs is 4. The van der Waals surface area contributed by atoms with E-state index in [1.165, 1.54) is 0 Å². The molecule has 0 spiro atoms. The second-order valence-corrected chi connectivity index (χ2v) is 11.9. The smallest absolute Gasteiger partial charge is 0.313 e. The van der Waals surface area contributed by atoms with E-state index in [-0.39, 0.29) is 23.8 Å². The fraction of sp³-hybridized carbons (Fsp3) is 0.833. The molecule has 0 aromatic rings. The van der Waals surface area contributed by atoms with Gasteiger partial charge in [0.05, 0.1) is 10.8 Å². The quantitative estimate of drug-likeness (QED) is 0.602. The van der Waals surface area contributed by atoms with Crippen LogP contribution in [0.4, 0.5) is 0 Å². The molecule has 2 amide bonds. The van der Waals surface area contributed by atoms with Crippen LogP contribution in [0.1, 0.15) is 67.2 Å². The molecule has 8 nitrogen and oxygen atoms in total. The normalized spacial score (nSPS) is 43.4. The maximum atomic E-state index is 13.6. The number of nitrogens with zero attached hydrogens (tertiary/aromatic N) is 2. The van der Waals surface area contributed by atoms with E-state index in [1.807, 2.05) is 41.5 Å². The van der Waals surface area contributed by atoms with Crippen LogP contribution in [0.3, 0.4) is 0 Å². The molecule has 5 fully saturated rings. The number of hydrogen-bond acceptors (Lipinski definition) is 6. The summed E-state index contributed by atoms with van der Waals surface area (Å²) >= 11 is 0. The van der Waals surface area contributed by atoms with E-state index in [4.69, 9.17) is 9.47 Å². The van der Waals surface area contributed by atoms with Gasteiger partial charge in [-0.2, -0.15) is 0 Å². The third kappa shape index (κ3) is 2.02. The molecule has 0 radical (unpaired) electrons. The van der Waals surface area contributed by atoms with Gasteiger partial charge in [0.15, 0.2) is 11.2 Å². The number of carbonyl (C=O) groups is 4. The number of hydrogen-bond donors (Lipinski definition) is 0. The molecule has 3 heterocycles. The summed E-state index contributed by atoms with van der Waals surface area (Å²) in [5, 5.41) is 0. The first kappa shape index (κ1) is 21.7. The van der Waals surface area contributed by atoms with Gasteiger partial charge in [0.25, 0.3) is 11.8 Å². The molecule has 4 unspecified atom stereocenters. The molecule has 2 saturated carbocycles. The zero-order valence-electron chi connectivity index (χ0n) is 20.0. The fourth-order valence-corrected chi connectivity index (χ4v) is 7.07. The van der Waals surface area contributed by atoms with E-state index in [0.717, 1.165) is 0 Å². The van der Waals surface area contributed by atoms with Gasteiger partial charge in [-0.1, -0.05) is 27.7 Å². The van der Waals surface area contributed by atoms with Crippen LogP contribution in [0.5, 0.6) is 0 Å². The molecule has 3 saturated heterocycles. The van der Waals surface area contributed by atoms with Gasteiger partial charge >= 0.3 is 11.9 Å². The molecule has 8 heteroatoms. The third-order valence-corrected chi connectivity index (χ3v) is 10.7. The van der Waals surface area contributed by atoms with Crippen LogP contribution in [-0.4, -0.2) is 70.9 Å². The van der Waals surface area contributed by atoms with Gasteiger partial charge in [-0.25, -0.2) is 0 Å². The standard InChI is InChI=1S/C24H34N2O6/c1-19(2)21(5)7-9-23(19,31-17(21)29)15(27)25-11-13-26(14-12-25)16(28)24-10-8-22(6,18(30)32-24)20(24,3)4/h7-14H2,1-6H3. The van der Waals surface area contributed by atoms with E-state index in [0.29, 0.717) is 51.9 Å². The predicted molar refractivity (Wildman–Crippen MR) is 113 cm³/mol. The summed E-state index contributed by atoms with van der Waals surface area (Å²) in [5.41, 5.74) is -4.72. The van der Waals surface area contributed by atoms with Gasteiger partial charge in [0.1, 0.15) is 0 Å². The minimum atomic E-state index is -1.13. The zero-order valence-corrected chi connectivity index (χ0v) is 20.0. The van der Waals surface area contributed by atoms with Crippen molar-refractivity contribution in [3.63, 3.8) is 0 Å². The third-order valence-electron chi connectivity index (χ3n) is 10.7. The Morgan fingerprint density at radius 1 is 0.625 bits per heavy atom. The Bertz CT molecular complexity index is 874. The number of amides is 2. The number of carbonyl (C=O) groups excluding carboxylic acids is 4. The van der Waals surface area contributed by atoms with E-state index < -0.39 is 32.9 Å². The van der Waals surface area contributed by atoms with Crippen molar-refractivity contribution in [1.82, 2.24) is 9.80 Å². The first-order chi connectivity index (χ1) is 14.7. The minimum absolute atomic E-state index is 0.150. The Balaban J connectivity index is 1.32. The fourth-order valence-electron chi connectivity index (χ4n) is 7.07. The summed E-state index contributed by atoms with van der Waals surface area (Å²) in [6.07, 6.45) is 2.35. The highest BCUT2D eigenvalue weighted by atomic mass is 16.6. The van der Waals surface area contributed by atoms with Crippen molar-refractivity contribution >= 4 is 23.8 Å². The zero-order chi connectivity index (χ0) is 23.5. The lowest BCUT2D eigenvalue weighted by Crippen LogP contribution is -2.62. The predicted octanol–water partition coefficient (Wildman–Crippen LogP) is 1.90. The molecule has 32 heavy (non-hydrogen) atoms. The van der Waals surface area contributed by atoms with Gasteiger partial charge in [0, 0.05) is 37.0 Å². The molecule has 2 aliphatic carbocycles. The molecule has 0 N–H and O–H groups in total. The van der Waals surface area contributed by atoms with Crippen LogP contribution in [0.25, 0.3) is 0 Å². The summed E-state index contributed by atoms with van der Waals surface area (Å²) in [6.45, 7) is 13.1. The van der Waals surface area contributed by atoms with Crippen LogP contribution in [-0.2, 0) is 28.7 Å². The lowest BCUT2D eigenvalue weighted by molar-refractivity contribution is -0.179. The molecule has 4 atom stereocenters.